The molecule has 0 radical (unpaired) electrons. The summed E-state index contributed by atoms with van der Waals surface area (Å²) < 4.78 is 10.5. The van der Waals surface area contributed by atoms with E-state index in [1.807, 2.05) is 0 Å². The maximum absolute atomic E-state index is 10.5. The van der Waals surface area contributed by atoms with Crippen LogP contribution in [-0.4, -0.2) is 5.11 Å². The molecule has 0 bridgehead atoms. The Balaban J connectivity index is 0. The third kappa shape index (κ3) is 9.62. The van der Waals surface area contributed by atoms with Crippen LogP contribution in [0.1, 0.15) is 5.56 Å². The van der Waals surface area contributed by atoms with Crippen molar-refractivity contribution in [1.82, 2.24) is 0 Å². The zero-order chi connectivity index (χ0) is 11.5. The van der Waals surface area contributed by atoms with Gasteiger partial charge in [0.25, 0.3) is 0 Å². The summed E-state index contributed by atoms with van der Waals surface area (Å²) in [6.07, 6.45) is -0.486. The topological polar surface area (TPSA) is 101 Å². The quantitative estimate of drug-likeness (QED) is 0.326. The Kier molecular flexibility index (Phi) is 10.8. The Labute approximate surface area is 149 Å². The molecular formula is C8H9N2Na2O3PS. The van der Waals surface area contributed by atoms with Gasteiger partial charge in [0.1, 0.15) is 0 Å². The van der Waals surface area contributed by atoms with Gasteiger partial charge in [-0.1, -0.05) is 19.7 Å². The molecule has 0 saturated heterocycles. The third-order valence-electron chi connectivity index (χ3n) is 1.60. The minimum Gasteiger partial charge on any atom is -0.810 e. The standard InChI is InChI=1S/C8H11N2O3PS.2Na/c9-8(15)10-7-3-1-6(2-4-7)5-14(11,12)13;;/h1-4H,5H2,(H3,9,10,15)(H2,11,12,13);;/q;2*+1/p-2. The number of hydrogen-bond acceptors (Lipinski definition) is 4. The van der Waals surface area contributed by atoms with Crippen molar-refractivity contribution in [3.8, 4) is 0 Å². The first-order valence-electron chi connectivity index (χ1n) is 4.03. The first kappa shape index (κ1) is 20.4. The van der Waals surface area contributed by atoms with Gasteiger partial charge in [0, 0.05) is 11.8 Å². The van der Waals surface area contributed by atoms with Crippen LogP contribution < -0.4 is 80.0 Å². The van der Waals surface area contributed by atoms with Crippen molar-refractivity contribution in [3.05, 3.63) is 29.8 Å². The van der Waals surface area contributed by atoms with Gasteiger partial charge >= 0.3 is 59.1 Å². The first-order valence-corrected chi connectivity index (χ1v) is 6.17. The van der Waals surface area contributed by atoms with Gasteiger partial charge in [-0.15, -0.1) is 0 Å². The van der Waals surface area contributed by atoms with Gasteiger partial charge in [-0.25, -0.2) is 0 Å². The molecule has 0 unspecified atom stereocenters. The van der Waals surface area contributed by atoms with Gasteiger partial charge < -0.3 is 25.4 Å². The second-order valence-electron chi connectivity index (χ2n) is 2.96. The summed E-state index contributed by atoms with van der Waals surface area (Å²) in [5.74, 6) is 0. The van der Waals surface area contributed by atoms with Crippen LogP contribution in [0.3, 0.4) is 0 Å². The molecule has 0 spiro atoms. The number of benzene rings is 1. The van der Waals surface area contributed by atoms with E-state index in [4.69, 9.17) is 5.73 Å². The van der Waals surface area contributed by atoms with E-state index in [2.05, 4.69) is 17.5 Å². The Morgan fingerprint density at radius 1 is 1.29 bits per heavy atom. The molecule has 1 rings (SSSR count). The van der Waals surface area contributed by atoms with E-state index in [0.717, 1.165) is 0 Å². The molecule has 0 fully saturated rings. The molecule has 0 saturated carbocycles. The maximum atomic E-state index is 10.5. The fraction of sp³-hybridized carbons (Fsp3) is 0.125. The fourth-order valence-corrected chi connectivity index (χ4v) is 1.84. The number of rotatable bonds is 3. The van der Waals surface area contributed by atoms with Crippen molar-refractivity contribution in [2.24, 2.45) is 5.73 Å². The Morgan fingerprint density at radius 2 is 1.76 bits per heavy atom. The molecule has 0 aromatic heterocycles. The molecule has 0 amide bonds. The molecule has 0 heterocycles. The summed E-state index contributed by atoms with van der Waals surface area (Å²) in [7, 11) is -4.50. The van der Waals surface area contributed by atoms with Crippen molar-refractivity contribution in [2.75, 3.05) is 5.32 Å². The van der Waals surface area contributed by atoms with Crippen LogP contribution in [0.15, 0.2) is 24.3 Å². The zero-order valence-corrected chi connectivity index (χ0v) is 15.4. The molecule has 1 aromatic rings. The van der Waals surface area contributed by atoms with E-state index in [0.29, 0.717) is 11.3 Å². The van der Waals surface area contributed by atoms with Crippen LogP contribution in [0.4, 0.5) is 5.69 Å². The van der Waals surface area contributed by atoms with Gasteiger partial charge in [-0.2, -0.15) is 0 Å². The summed E-state index contributed by atoms with van der Waals surface area (Å²) in [6.45, 7) is 0. The van der Waals surface area contributed by atoms with Crippen molar-refractivity contribution in [1.29, 1.82) is 0 Å². The minimum atomic E-state index is -4.50. The van der Waals surface area contributed by atoms with Crippen molar-refractivity contribution < 1.29 is 73.5 Å². The minimum absolute atomic E-state index is 0. The van der Waals surface area contributed by atoms with E-state index in [1.165, 1.54) is 12.1 Å². The molecular weight excluding hydrogens is 281 g/mol. The smallest absolute Gasteiger partial charge is 0.810 e. The van der Waals surface area contributed by atoms with Crippen LogP contribution in [0.2, 0.25) is 0 Å². The predicted octanol–water partition coefficient (Wildman–Crippen LogP) is -6.24. The van der Waals surface area contributed by atoms with Gasteiger partial charge in [0.2, 0.25) is 0 Å². The normalized spacial score (nSPS) is 9.76. The first-order chi connectivity index (χ1) is 6.87. The number of hydrogen-bond donors (Lipinski definition) is 2. The second-order valence-corrected chi connectivity index (χ2v) is 4.93. The SMILES string of the molecule is NC(=S)Nc1ccc(CP(=O)([O-])[O-])cc1.[Na+].[Na+]. The average Bonchev–Trinajstić information content (AvgIpc) is 2.05. The van der Waals surface area contributed by atoms with Crippen LogP contribution in [0.5, 0.6) is 0 Å². The van der Waals surface area contributed by atoms with E-state index in [1.54, 1.807) is 12.1 Å². The summed E-state index contributed by atoms with van der Waals surface area (Å²) >= 11 is 4.62. The van der Waals surface area contributed by atoms with Gasteiger partial charge in [-0.3, -0.25) is 0 Å². The van der Waals surface area contributed by atoms with Crippen LogP contribution in [-0.2, 0) is 10.7 Å². The molecule has 3 N–H and O–H groups in total. The Bertz CT molecular complexity index is 410. The molecule has 0 aliphatic carbocycles. The van der Waals surface area contributed by atoms with Gasteiger partial charge in [0.15, 0.2) is 5.11 Å². The largest absolute Gasteiger partial charge is 1.00 e. The van der Waals surface area contributed by atoms with E-state index >= 15 is 0 Å². The average molecular weight is 290 g/mol. The van der Waals surface area contributed by atoms with Crippen LogP contribution in [0.25, 0.3) is 0 Å². The van der Waals surface area contributed by atoms with Gasteiger partial charge in [0.05, 0.1) is 0 Å². The molecule has 9 heteroatoms. The molecule has 1 aromatic carbocycles. The number of nitrogens with one attached hydrogen (secondary N) is 1. The van der Waals surface area contributed by atoms with E-state index < -0.39 is 13.8 Å². The second kappa shape index (κ2) is 9.04. The number of nitrogens with two attached hydrogens (primary N) is 1. The Hall–Kier alpha value is 1.06. The van der Waals surface area contributed by atoms with Crippen molar-refractivity contribution in [3.63, 3.8) is 0 Å². The molecule has 0 atom stereocenters. The summed E-state index contributed by atoms with van der Waals surface area (Å²) in [4.78, 5) is 21.0. The van der Waals surface area contributed by atoms with Crippen LogP contribution >= 0.6 is 19.8 Å². The van der Waals surface area contributed by atoms with Gasteiger partial charge in [-0.05, 0) is 29.9 Å². The summed E-state index contributed by atoms with van der Waals surface area (Å²) in [5, 5.41) is 2.80. The zero-order valence-electron chi connectivity index (χ0n) is 9.67. The van der Waals surface area contributed by atoms with E-state index in [9.17, 15) is 14.4 Å². The third-order valence-corrected chi connectivity index (χ3v) is 2.45. The molecule has 0 aliphatic rings. The molecule has 5 nitrogen and oxygen atoms in total. The molecule has 0 aliphatic heterocycles. The molecule has 82 valence electrons. The number of anilines is 1. The fourth-order valence-electron chi connectivity index (χ4n) is 1.06. The van der Waals surface area contributed by atoms with Crippen molar-refractivity contribution in [2.45, 2.75) is 6.16 Å². The van der Waals surface area contributed by atoms with E-state index in [-0.39, 0.29) is 64.2 Å². The molecule has 17 heavy (non-hydrogen) atoms. The summed E-state index contributed by atoms with van der Waals surface area (Å²) in [5.41, 5.74) is 6.33. The van der Waals surface area contributed by atoms with Crippen molar-refractivity contribution >= 4 is 30.6 Å². The predicted molar refractivity (Wildman–Crippen MR) is 58.2 cm³/mol. The van der Waals surface area contributed by atoms with Crippen LogP contribution in [0, 0.1) is 0 Å². The summed E-state index contributed by atoms with van der Waals surface area (Å²) in [6, 6.07) is 6.26. The maximum Gasteiger partial charge on any atom is 1.00 e. The monoisotopic (exact) mass is 290 g/mol. The Morgan fingerprint density at radius 3 is 2.12 bits per heavy atom. The number of thiocarbonyl (C=S) groups is 1.